The minimum Gasteiger partial charge on any atom is -0.336 e. The maximum atomic E-state index is 13.9. The first-order valence-electron chi connectivity index (χ1n) is 9.29. The smallest absolute Gasteiger partial charge is 0.255 e. The molecule has 0 unspecified atom stereocenters. The van der Waals surface area contributed by atoms with Crippen LogP contribution in [0.4, 0.5) is 4.39 Å². The number of benzene rings is 1. The number of hydrogen-bond acceptors (Lipinski definition) is 3. The van der Waals surface area contributed by atoms with Gasteiger partial charge in [0.05, 0.1) is 5.56 Å². The van der Waals surface area contributed by atoms with Gasteiger partial charge in [-0.05, 0) is 55.5 Å². The summed E-state index contributed by atoms with van der Waals surface area (Å²) in [5, 5.41) is 0. The summed E-state index contributed by atoms with van der Waals surface area (Å²) in [4.78, 5) is 33.5. The van der Waals surface area contributed by atoms with Gasteiger partial charge in [-0.1, -0.05) is 6.07 Å². The Morgan fingerprint density at radius 1 is 1.07 bits per heavy atom. The zero-order valence-electron chi connectivity index (χ0n) is 15.3. The van der Waals surface area contributed by atoms with E-state index in [1.165, 1.54) is 6.07 Å². The first-order chi connectivity index (χ1) is 13.0. The Morgan fingerprint density at radius 3 is 2.67 bits per heavy atom. The van der Waals surface area contributed by atoms with Crippen molar-refractivity contribution in [3.8, 4) is 0 Å². The Hall–Kier alpha value is -2.76. The average Bonchev–Trinajstić information content (AvgIpc) is 3.01. The van der Waals surface area contributed by atoms with Gasteiger partial charge in [0.1, 0.15) is 5.82 Å². The number of pyridine rings is 1. The SMILES string of the molecule is Cc1ccc(C(=O)N2C[C@H]3CC[C@@H]2CN(C(=O)c2cccnc2)C3)cc1F. The van der Waals surface area contributed by atoms with Gasteiger partial charge in [0.15, 0.2) is 0 Å². The van der Waals surface area contributed by atoms with Gasteiger partial charge in [-0.2, -0.15) is 0 Å². The lowest BCUT2D eigenvalue weighted by Gasteiger charge is -2.36. The monoisotopic (exact) mass is 367 g/mol. The number of aryl methyl sites for hydroxylation is 1. The second-order valence-electron chi connectivity index (χ2n) is 7.47. The number of halogens is 1. The highest BCUT2D eigenvalue weighted by molar-refractivity contribution is 5.95. The number of fused-ring (bicyclic) bond motifs is 4. The van der Waals surface area contributed by atoms with E-state index in [4.69, 9.17) is 0 Å². The fraction of sp³-hybridized carbons (Fsp3) is 0.381. The summed E-state index contributed by atoms with van der Waals surface area (Å²) in [6.45, 7) is 3.43. The van der Waals surface area contributed by atoms with E-state index in [1.807, 2.05) is 9.80 Å². The molecule has 140 valence electrons. The summed E-state index contributed by atoms with van der Waals surface area (Å²) in [5.41, 5.74) is 1.46. The van der Waals surface area contributed by atoms with Gasteiger partial charge in [0, 0.05) is 43.6 Å². The molecule has 1 aromatic heterocycles. The van der Waals surface area contributed by atoms with Crippen LogP contribution in [0.3, 0.4) is 0 Å². The van der Waals surface area contributed by atoms with Crippen molar-refractivity contribution in [2.45, 2.75) is 25.8 Å². The third kappa shape index (κ3) is 3.44. The molecule has 0 saturated carbocycles. The predicted octanol–water partition coefficient (Wildman–Crippen LogP) is 2.91. The summed E-state index contributed by atoms with van der Waals surface area (Å²) < 4.78 is 13.9. The zero-order chi connectivity index (χ0) is 19.0. The maximum Gasteiger partial charge on any atom is 0.255 e. The van der Waals surface area contributed by atoms with Gasteiger partial charge in [-0.15, -0.1) is 0 Å². The van der Waals surface area contributed by atoms with E-state index in [0.29, 0.717) is 36.3 Å². The first kappa shape index (κ1) is 17.6. The van der Waals surface area contributed by atoms with Crippen molar-refractivity contribution in [3.63, 3.8) is 0 Å². The number of carbonyl (C=O) groups excluding carboxylic acids is 2. The molecule has 5 nitrogen and oxygen atoms in total. The topological polar surface area (TPSA) is 53.5 Å². The summed E-state index contributed by atoms with van der Waals surface area (Å²) >= 11 is 0. The molecule has 27 heavy (non-hydrogen) atoms. The number of nitrogens with zero attached hydrogens (tertiary/aromatic N) is 3. The van der Waals surface area contributed by atoms with Crippen LogP contribution < -0.4 is 0 Å². The van der Waals surface area contributed by atoms with Crippen molar-refractivity contribution in [2.24, 2.45) is 5.92 Å². The number of carbonyl (C=O) groups is 2. The molecule has 3 saturated heterocycles. The molecule has 0 spiro atoms. The van der Waals surface area contributed by atoms with Crippen LogP contribution in [0.15, 0.2) is 42.7 Å². The molecule has 2 atom stereocenters. The quantitative estimate of drug-likeness (QED) is 0.820. The number of piperidine rings is 1. The lowest BCUT2D eigenvalue weighted by atomic mass is 9.94. The largest absolute Gasteiger partial charge is 0.336 e. The van der Waals surface area contributed by atoms with Crippen LogP contribution in [0.25, 0.3) is 0 Å². The van der Waals surface area contributed by atoms with E-state index < -0.39 is 0 Å². The Labute approximate surface area is 157 Å². The molecule has 2 aromatic rings. The lowest BCUT2D eigenvalue weighted by molar-refractivity contribution is 0.0574. The van der Waals surface area contributed by atoms with E-state index in [9.17, 15) is 14.0 Å². The van der Waals surface area contributed by atoms with Crippen molar-refractivity contribution in [3.05, 3.63) is 65.2 Å². The normalized spacial score (nSPS) is 21.9. The number of amides is 2. The van der Waals surface area contributed by atoms with Crippen LogP contribution in [-0.4, -0.2) is 52.3 Å². The summed E-state index contributed by atoms with van der Waals surface area (Å²) in [5.74, 6) is -0.326. The molecule has 6 heteroatoms. The lowest BCUT2D eigenvalue weighted by Crippen LogP contribution is -2.47. The van der Waals surface area contributed by atoms with Crippen molar-refractivity contribution in [1.82, 2.24) is 14.8 Å². The minimum atomic E-state index is -0.366. The van der Waals surface area contributed by atoms with E-state index in [-0.39, 0.29) is 29.6 Å². The highest BCUT2D eigenvalue weighted by atomic mass is 19.1. The Bertz CT molecular complexity index is 871. The second-order valence-corrected chi connectivity index (χ2v) is 7.47. The standard InChI is InChI=1S/C21H22FN3O2/c1-14-4-6-16(9-19(14)22)21(27)25-12-15-5-7-18(25)13-24(11-15)20(26)17-3-2-8-23-10-17/h2-4,6,8-10,15,18H,5,7,11-13H2,1H3/t15-,18+/m0/s1. The first-order valence-corrected chi connectivity index (χ1v) is 9.29. The van der Waals surface area contributed by atoms with Crippen LogP contribution in [-0.2, 0) is 0 Å². The Kier molecular flexibility index (Phi) is 4.64. The maximum absolute atomic E-state index is 13.9. The molecule has 2 bridgehead atoms. The molecule has 4 heterocycles. The predicted molar refractivity (Wildman–Crippen MR) is 98.8 cm³/mol. The molecule has 0 radical (unpaired) electrons. The van der Waals surface area contributed by atoms with Gasteiger partial charge in [-0.3, -0.25) is 14.6 Å². The van der Waals surface area contributed by atoms with Gasteiger partial charge in [-0.25, -0.2) is 4.39 Å². The Balaban J connectivity index is 1.55. The highest BCUT2D eigenvalue weighted by Gasteiger charge is 2.39. The van der Waals surface area contributed by atoms with Crippen LogP contribution in [0.1, 0.15) is 39.1 Å². The fourth-order valence-corrected chi connectivity index (χ4v) is 4.06. The third-order valence-corrected chi connectivity index (χ3v) is 5.59. The van der Waals surface area contributed by atoms with Crippen LogP contribution in [0, 0.1) is 18.7 Å². The van der Waals surface area contributed by atoms with Gasteiger partial charge < -0.3 is 9.80 Å². The zero-order valence-corrected chi connectivity index (χ0v) is 15.3. The number of aromatic nitrogens is 1. The molecule has 1 aromatic carbocycles. The summed E-state index contributed by atoms with van der Waals surface area (Å²) in [7, 11) is 0. The van der Waals surface area contributed by atoms with Crippen molar-refractivity contribution < 1.29 is 14.0 Å². The summed E-state index contributed by atoms with van der Waals surface area (Å²) in [6, 6.07) is 8.10. The van der Waals surface area contributed by atoms with Crippen LogP contribution in [0.5, 0.6) is 0 Å². The average molecular weight is 367 g/mol. The van der Waals surface area contributed by atoms with Gasteiger partial charge in [0.25, 0.3) is 11.8 Å². The van der Waals surface area contributed by atoms with Gasteiger partial charge in [0.2, 0.25) is 0 Å². The third-order valence-electron chi connectivity index (χ3n) is 5.59. The number of rotatable bonds is 2. The van der Waals surface area contributed by atoms with E-state index in [0.717, 1.165) is 12.8 Å². The minimum absolute atomic E-state index is 0.0405. The molecule has 2 amide bonds. The van der Waals surface area contributed by atoms with Gasteiger partial charge >= 0.3 is 0 Å². The van der Waals surface area contributed by atoms with E-state index in [1.54, 1.807) is 43.6 Å². The van der Waals surface area contributed by atoms with Crippen molar-refractivity contribution in [1.29, 1.82) is 0 Å². The van der Waals surface area contributed by atoms with E-state index in [2.05, 4.69) is 4.98 Å². The number of hydrogen-bond donors (Lipinski definition) is 0. The molecule has 5 rings (SSSR count). The summed E-state index contributed by atoms with van der Waals surface area (Å²) in [6.07, 6.45) is 5.08. The molecule has 3 fully saturated rings. The molecule has 0 N–H and O–H groups in total. The molecule has 3 aliphatic heterocycles. The fourth-order valence-electron chi connectivity index (χ4n) is 4.06. The van der Waals surface area contributed by atoms with Crippen LogP contribution >= 0.6 is 0 Å². The Morgan fingerprint density at radius 2 is 1.93 bits per heavy atom. The molecule has 0 aliphatic carbocycles. The van der Waals surface area contributed by atoms with Crippen molar-refractivity contribution in [2.75, 3.05) is 19.6 Å². The highest BCUT2D eigenvalue weighted by Crippen LogP contribution is 2.30. The molecular weight excluding hydrogens is 345 g/mol. The van der Waals surface area contributed by atoms with E-state index >= 15 is 0 Å². The van der Waals surface area contributed by atoms with Crippen molar-refractivity contribution >= 4 is 11.8 Å². The molecule has 3 aliphatic rings. The second kappa shape index (κ2) is 7.10. The van der Waals surface area contributed by atoms with Crippen LogP contribution in [0.2, 0.25) is 0 Å². The molecular formula is C21H22FN3O2.